The van der Waals surface area contributed by atoms with Gasteiger partial charge in [0.1, 0.15) is 30.5 Å². The summed E-state index contributed by atoms with van der Waals surface area (Å²) < 4.78 is 98.7. The third kappa shape index (κ3) is 12.2. The van der Waals surface area contributed by atoms with Gasteiger partial charge in [-0.3, -0.25) is 22.7 Å². The molecule has 19 heteroatoms. The number of esters is 3. The number of aliphatic hydroxyl groups excluding tert-OH is 1. The average molecular weight is 883 g/mol. The predicted molar refractivity (Wildman–Crippen MR) is 199 cm³/mol. The monoisotopic (exact) mass is 882 g/mol. The summed E-state index contributed by atoms with van der Waals surface area (Å²) in [4.78, 5) is 39.3. The number of ether oxygens (including phenoxy) is 3. The van der Waals surface area contributed by atoms with E-state index in [-0.39, 0.29) is 114 Å². The van der Waals surface area contributed by atoms with Gasteiger partial charge in [-0.05, 0) is 92.3 Å². The van der Waals surface area contributed by atoms with E-state index in [0.717, 1.165) is 0 Å². The van der Waals surface area contributed by atoms with Crippen LogP contribution in [0.15, 0.2) is 0 Å². The Morgan fingerprint density at radius 3 is 1.83 bits per heavy atom. The predicted octanol–water partition coefficient (Wildman–Crippen LogP) is -0.791. The maximum absolute atomic E-state index is 13.4. The van der Waals surface area contributed by atoms with Crippen LogP contribution in [0.2, 0.25) is 0 Å². The van der Waals surface area contributed by atoms with Gasteiger partial charge in [-0.2, -0.15) is 0 Å². The first-order valence-electron chi connectivity index (χ1n) is 20.4. The first-order chi connectivity index (χ1) is 25.9. The van der Waals surface area contributed by atoms with Crippen molar-refractivity contribution in [2.75, 3.05) is 0 Å². The summed E-state index contributed by atoms with van der Waals surface area (Å²) in [5.74, 6) is -3.72. The molecule has 15 nitrogen and oxygen atoms in total. The molecule has 0 aromatic heterocycles. The Labute approximate surface area is 390 Å². The number of aliphatic hydroxyl groups is 1. The smallest absolute Gasteiger partial charge is 0.726 e. The quantitative estimate of drug-likeness (QED) is 0.0620. The van der Waals surface area contributed by atoms with E-state index in [4.69, 9.17) is 22.6 Å². The van der Waals surface area contributed by atoms with E-state index < -0.39 is 104 Å². The van der Waals surface area contributed by atoms with Crippen LogP contribution in [0.25, 0.3) is 0 Å². The normalized spacial score (nSPS) is 35.4. The van der Waals surface area contributed by atoms with Crippen LogP contribution in [0, 0.1) is 58.2 Å². The molecular formula is C39H64Na2O15S2. The van der Waals surface area contributed by atoms with E-state index in [9.17, 15) is 45.4 Å². The van der Waals surface area contributed by atoms with Crippen molar-refractivity contribution in [2.45, 2.75) is 170 Å². The Morgan fingerprint density at radius 2 is 1.34 bits per heavy atom. The average Bonchev–Trinajstić information content (AvgIpc) is 3.27. The van der Waals surface area contributed by atoms with Crippen molar-refractivity contribution in [3.63, 3.8) is 0 Å². The van der Waals surface area contributed by atoms with Crippen LogP contribution in [0.1, 0.15) is 133 Å². The SMILES string of the molecule is CCCC(=O)OC(C(CC)C(C)C)C(OC(=O)CCC)[C@@H](C)[C@H]1C(O)C(OC(C)=O)C2C3CCC4CC(OS(=O)(=O)[O-])C(OS(=O)(=O)[O-])C[C@]4(C)C3CC[C@@]21C.[Na+].[Na+]. The molecule has 0 heterocycles. The second-order valence-electron chi connectivity index (χ2n) is 17.8. The minimum atomic E-state index is -5.31. The molecule has 58 heavy (non-hydrogen) atoms. The maximum Gasteiger partial charge on any atom is 1.00 e. The Morgan fingerprint density at radius 1 is 0.810 bits per heavy atom. The number of rotatable bonds is 17. The third-order valence-electron chi connectivity index (χ3n) is 14.1. The Hall–Kier alpha value is 0.110. The first kappa shape index (κ1) is 54.2. The van der Waals surface area contributed by atoms with E-state index in [1.807, 2.05) is 48.5 Å². The van der Waals surface area contributed by atoms with E-state index in [1.165, 1.54) is 6.92 Å². The molecule has 4 rings (SSSR count). The molecule has 4 aliphatic rings. The largest absolute Gasteiger partial charge is 1.00 e. The second kappa shape index (κ2) is 21.7. The molecule has 0 radical (unpaired) electrons. The van der Waals surface area contributed by atoms with Crippen LogP contribution in [0.3, 0.4) is 0 Å². The molecular weight excluding hydrogens is 819 g/mol. The van der Waals surface area contributed by atoms with Crippen LogP contribution in [-0.2, 0) is 57.8 Å². The molecule has 15 atom stereocenters. The number of fused-ring (bicyclic) bond motifs is 5. The van der Waals surface area contributed by atoms with Crippen molar-refractivity contribution in [2.24, 2.45) is 58.2 Å². The fourth-order valence-electron chi connectivity index (χ4n) is 12.1. The standard InChI is InChI=1S/C39H66O15S2.2Na/c1-10-13-30(41)51-35(36(25(12-3)21(4)5)52-31(42)14-11-2)22(6)32-34(43)37(50-23(7)40)33-26-16-15-24-19-28(53-55(44,45)46)29(54-56(47,48)49)20-39(24,9)27(26)17-18-38(32,33)8;;/h21-22,24-29,32-37,43H,10-20H2,1-9H3,(H,44,45,46)(H,47,48,49);;/q;2*+1/p-2/t22-,24?,25?,26?,27?,28?,29?,32-,33?,34?,35?,36?,37?,38+,39-;;/m0../s1. The summed E-state index contributed by atoms with van der Waals surface area (Å²) >= 11 is 0. The van der Waals surface area contributed by atoms with E-state index >= 15 is 0 Å². The van der Waals surface area contributed by atoms with Gasteiger partial charge >= 0.3 is 77.0 Å². The van der Waals surface area contributed by atoms with E-state index in [0.29, 0.717) is 44.9 Å². The summed E-state index contributed by atoms with van der Waals surface area (Å²) in [5.41, 5.74) is -1.41. The zero-order valence-corrected chi connectivity index (χ0v) is 42.0. The summed E-state index contributed by atoms with van der Waals surface area (Å²) in [7, 11) is -10.6. The molecule has 0 aromatic rings. The van der Waals surface area contributed by atoms with Gasteiger partial charge in [0.25, 0.3) is 0 Å². The Bertz CT molecular complexity index is 1630. The van der Waals surface area contributed by atoms with Gasteiger partial charge in [-0.1, -0.05) is 55.4 Å². The molecule has 4 saturated carbocycles. The first-order valence-corrected chi connectivity index (χ1v) is 23.1. The van der Waals surface area contributed by atoms with Crippen molar-refractivity contribution >= 4 is 38.7 Å². The van der Waals surface area contributed by atoms with Gasteiger partial charge in [0.05, 0.1) is 6.10 Å². The van der Waals surface area contributed by atoms with Crippen LogP contribution in [0.5, 0.6) is 0 Å². The Kier molecular flexibility index (Phi) is 20.3. The van der Waals surface area contributed by atoms with Gasteiger partial charge in [0.2, 0.25) is 20.8 Å². The van der Waals surface area contributed by atoms with Gasteiger partial charge < -0.3 is 28.4 Å². The molecule has 1 N–H and O–H groups in total. The minimum absolute atomic E-state index is 0. The van der Waals surface area contributed by atoms with Gasteiger partial charge in [0.15, 0.2) is 0 Å². The zero-order valence-electron chi connectivity index (χ0n) is 36.3. The van der Waals surface area contributed by atoms with Crippen molar-refractivity contribution in [1.82, 2.24) is 0 Å². The Balaban J connectivity index is 0.00000580. The maximum atomic E-state index is 13.4. The molecule has 4 fully saturated rings. The van der Waals surface area contributed by atoms with Crippen molar-refractivity contribution in [1.29, 1.82) is 0 Å². The topological polar surface area (TPSA) is 232 Å². The number of hydrogen-bond acceptors (Lipinski definition) is 15. The van der Waals surface area contributed by atoms with Crippen LogP contribution in [-0.4, -0.2) is 85.6 Å². The van der Waals surface area contributed by atoms with E-state index in [1.54, 1.807) is 0 Å². The van der Waals surface area contributed by atoms with Crippen molar-refractivity contribution in [3.05, 3.63) is 0 Å². The molecule has 324 valence electrons. The number of carbonyl (C=O) groups is 3. The summed E-state index contributed by atoms with van der Waals surface area (Å²) in [6, 6.07) is 0. The van der Waals surface area contributed by atoms with Crippen LogP contribution < -0.4 is 59.1 Å². The summed E-state index contributed by atoms with van der Waals surface area (Å²) in [6.45, 7) is 17.0. The fourth-order valence-corrected chi connectivity index (χ4v) is 13.1. The van der Waals surface area contributed by atoms with Crippen molar-refractivity contribution < 1.29 is 127 Å². The molecule has 0 spiro atoms. The summed E-state index contributed by atoms with van der Waals surface area (Å²) in [5, 5.41) is 12.5. The summed E-state index contributed by atoms with van der Waals surface area (Å²) in [6.07, 6.45) is -2.75. The third-order valence-corrected chi connectivity index (χ3v) is 15.1. The van der Waals surface area contributed by atoms with Crippen LogP contribution in [0.4, 0.5) is 0 Å². The minimum Gasteiger partial charge on any atom is -0.726 e. The second-order valence-corrected chi connectivity index (χ2v) is 19.8. The van der Waals surface area contributed by atoms with Gasteiger partial charge in [0, 0.05) is 43.4 Å². The molecule has 0 aromatic carbocycles. The van der Waals surface area contributed by atoms with Gasteiger partial charge in [-0.15, -0.1) is 0 Å². The molecule has 11 unspecified atom stereocenters. The number of hydrogen-bond donors (Lipinski definition) is 1. The molecule has 4 aliphatic carbocycles. The zero-order chi connectivity index (χ0) is 42.1. The van der Waals surface area contributed by atoms with Gasteiger partial charge in [-0.25, -0.2) is 16.8 Å². The molecule has 0 aliphatic heterocycles. The molecule has 0 saturated heterocycles. The number of carbonyl (C=O) groups excluding carboxylic acids is 3. The van der Waals surface area contributed by atoms with Crippen LogP contribution >= 0.6 is 0 Å². The van der Waals surface area contributed by atoms with E-state index in [2.05, 4.69) is 6.92 Å². The molecule has 0 bridgehead atoms. The van der Waals surface area contributed by atoms with Crippen molar-refractivity contribution in [3.8, 4) is 0 Å². The fraction of sp³-hybridized carbons (Fsp3) is 0.923. The molecule has 0 amide bonds.